The number of piperidine rings is 1. The molecular formula is C15H22N2. The fourth-order valence-corrected chi connectivity index (χ4v) is 3.06. The lowest BCUT2D eigenvalue weighted by molar-refractivity contribution is 0.111. The largest absolute Gasteiger partial charge is 0.328 e. The summed E-state index contributed by atoms with van der Waals surface area (Å²) in [5.74, 6) is 0.935. The maximum atomic E-state index is 6.12. The van der Waals surface area contributed by atoms with Gasteiger partial charge in [0.05, 0.1) is 0 Å². The first kappa shape index (κ1) is 11.2. The fourth-order valence-electron chi connectivity index (χ4n) is 3.06. The Bertz CT molecular complexity index is 358. The van der Waals surface area contributed by atoms with Crippen molar-refractivity contribution in [1.82, 2.24) is 4.90 Å². The van der Waals surface area contributed by atoms with Crippen LogP contribution in [0.25, 0.3) is 0 Å². The van der Waals surface area contributed by atoms with Crippen molar-refractivity contribution in [3.8, 4) is 0 Å². The monoisotopic (exact) mass is 230 g/mol. The zero-order valence-corrected chi connectivity index (χ0v) is 10.4. The topological polar surface area (TPSA) is 29.3 Å². The Kier molecular flexibility index (Phi) is 3.17. The van der Waals surface area contributed by atoms with Gasteiger partial charge >= 0.3 is 0 Å². The standard InChI is InChI=1S/C15H22N2/c16-14-8-9-17(15(10-14)13-6-7-13)11-12-4-2-1-3-5-12/h1-5,13-15H,6-11,16H2. The van der Waals surface area contributed by atoms with Gasteiger partial charge < -0.3 is 5.73 Å². The SMILES string of the molecule is NC1CCN(Cc2ccccc2)C(C2CC2)C1. The van der Waals surface area contributed by atoms with Crippen molar-refractivity contribution in [2.75, 3.05) is 6.54 Å². The van der Waals surface area contributed by atoms with Crippen LogP contribution in [0.1, 0.15) is 31.2 Å². The van der Waals surface area contributed by atoms with Crippen molar-refractivity contribution >= 4 is 0 Å². The molecule has 0 amide bonds. The summed E-state index contributed by atoms with van der Waals surface area (Å²) in [6.45, 7) is 2.28. The highest BCUT2D eigenvalue weighted by molar-refractivity contribution is 5.15. The van der Waals surface area contributed by atoms with Crippen LogP contribution in [0.15, 0.2) is 30.3 Å². The maximum absolute atomic E-state index is 6.12. The van der Waals surface area contributed by atoms with E-state index in [-0.39, 0.29) is 0 Å². The second kappa shape index (κ2) is 4.79. The van der Waals surface area contributed by atoms with E-state index in [1.807, 2.05) is 0 Å². The molecule has 1 saturated heterocycles. The highest BCUT2D eigenvalue weighted by Gasteiger charge is 2.38. The minimum atomic E-state index is 0.438. The van der Waals surface area contributed by atoms with Gasteiger partial charge in [0.2, 0.25) is 0 Å². The van der Waals surface area contributed by atoms with E-state index < -0.39 is 0 Å². The van der Waals surface area contributed by atoms with Crippen molar-refractivity contribution in [3.63, 3.8) is 0 Å². The maximum Gasteiger partial charge on any atom is 0.0236 e. The van der Waals surface area contributed by atoms with Crippen LogP contribution in [0, 0.1) is 5.92 Å². The van der Waals surface area contributed by atoms with E-state index in [4.69, 9.17) is 5.73 Å². The first-order valence-corrected chi connectivity index (χ1v) is 6.86. The lowest BCUT2D eigenvalue weighted by atomic mass is 9.94. The molecule has 2 aliphatic rings. The Morgan fingerprint density at radius 3 is 2.59 bits per heavy atom. The summed E-state index contributed by atoms with van der Waals surface area (Å²) in [7, 11) is 0. The van der Waals surface area contributed by atoms with Gasteiger partial charge in [-0.25, -0.2) is 0 Å². The van der Waals surface area contributed by atoms with Crippen LogP contribution < -0.4 is 5.73 Å². The Morgan fingerprint density at radius 1 is 1.12 bits per heavy atom. The minimum absolute atomic E-state index is 0.438. The number of rotatable bonds is 3. The Hall–Kier alpha value is -0.860. The predicted octanol–water partition coefficient (Wildman–Crippen LogP) is 2.39. The summed E-state index contributed by atoms with van der Waals surface area (Å²) in [5, 5.41) is 0. The molecule has 3 rings (SSSR count). The van der Waals surface area contributed by atoms with Gasteiger partial charge in [-0.3, -0.25) is 4.90 Å². The van der Waals surface area contributed by atoms with E-state index in [0.29, 0.717) is 6.04 Å². The number of benzene rings is 1. The zero-order valence-electron chi connectivity index (χ0n) is 10.4. The summed E-state index contributed by atoms with van der Waals surface area (Å²) in [6.07, 6.45) is 5.21. The molecule has 0 radical (unpaired) electrons. The quantitative estimate of drug-likeness (QED) is 0.864. The Labute approximate surface area is 104 Å². The molecule has 1 aromatic rings. The van der Waals surface area contributed by atoms with E-state index in [9.17, 15) is 0 Å². The molecule has 2 unspecified atom stereocenters. The van der Waals surface area contributed by atoms with Gasteiger partial charge in [-0.2, -0.15) is 0 Å². The lowest BCUT2D eigenvalue weighted by Crippen LogP contribution is -2.47. The van der Waals surface area contributed by atoms with E-state index in [1.165, 1.54) is 31.4 Å². The molecule has 2 N–H and O–H groups in total. The highest BCUT2D eigenvalue weighted by Crippen LogP contribution is 2.39. The number of likely N-dealkylation sites (tertiary alicyclic amines) is 1. The molecule has 2 nitrogen and oxygen atoms in total. The molecular weight excluding hydrogens is 208 g/mol. The fraction of sp³-hybridized carbons (Fsp3) is 0.600. The van der Waals surface area contributed by atoms with Gasteiger partial charge in [-0.05, 0) is 37.2 Å². The Morgan fingerprint density at radius 2 is 1.88 bits per heavy atom. The molecule has 1 saturated carbocycles. The first-order chi connectivity index (χ1) is 8.33. The number of nitrogens with two attached hydrogens (primary N) is 1. The van der Waals surface area contributed by atoms with Crippen molar-refractivity contribution in [2.45, 2.75) is 44.3 Å². The summed E-state index contributed by atoms with van der Waals surface area (Å²) in [5.41, 5.74) is 7.56. The van der Waals surface area contributed by atoms with Gasteiger partial charge in [0.25, 0.3) is 0 Å². The summed E-state index contributed by atoms with van der Waals surface area (Å²) < 4.78 is 0. The smallest absolute Gasteiger partial charge is 0.0236 e. The van der Waals surface area contributed by atoms with Crippen molar-refractivity contribution in [3.05, 3.63) is 35.9 Å². The van der Waals surface area contributed by atoms with Crippen molar-refractivity contribution < 1.29 is 0 Å². The van der Waals surface area contributed by atoms with E-state index >= 15 is 0 Å². The van der Waals surface area contributed by atoms with Crippen LogP contribution in [0.5, 0.6) is 0 Å². The lowest BCUT2D eigenvalue weighted by Gasteiger charge is -2.38. The summed E-state index contributed by atoms with van der Waals surface area (Å²) >= 11 is 0. The van der Waals surface area contributed by atoms with Gasteiger partial charge in [-0.1, -0.05) is 30.3 Å². The summed E-state index contributed by atoms with van der Waals surface area (Å²) in [4.78, 5) is 2.66. The van der Waals surface area contributed by atoms with E-state index in [2.05, 4.69) is 35.2 Å². The molecule has 2 fully saturated rings. The van der Waals surface area contributed by atoms with Gasteiger partial charge in [0, 0.05) is 25.2 Å². The van der Waals surface area contributed by atoms with Crippen LogP contribution in [0.2, 0.25) is 0 Å². The van der Waals surface area contributed by atoms with Crippen LogP contribution in [0.4, 0.5) is 0 Å². The van der Waals surface area contributed by atoms with Crippen LogP contribution in [-0.2, 0) is 6.54 Å². The second-order valence-corrected chi connectivity index (χ2v) is 5.65. The molecule has 2 atom stereocenters. The minimum Gasteiger partial charge on any atom is -0.328 e. The second-order valence-electron chi connectivity index (χ2n) is 5.65. The predicted molar refractivity (Wildman–Crippen MR) is 70.6 cm³/mol. The highest BCUT2D eigenvalue weighted by atomic mass is 15.2. The third kappa shape index (κ3) is 2.70. The molecule has 1 aliphatic heterocycles. The van der Waals surface area contributed by atoms with Crippen LogP contribution in [-0.4, -0.2) is 23.5 Å². The van der Waals surface area contributed by atoms with E-state index in [0.717, 1.165) is 24.9 Å². The van der Waals surface area contributed by atoms with Crippen molar-refractivity contribution in [1.29, 1.82) is 0 Å². The third-order valence-electron chi connectivity index (χ3n) is 4.20. The van der Waals surface area contributed by atoms with Crippen molar-refractivity contribution in [2.24, 2.45) is 11.7 Å². The van der Waals surface area contributed by atoms with Gasteiger partial charge in [0.1, 0.15) is 0 Å². The molecule has 0 spiro atoms. The molecule has 92 valence electrons. The van der Waals surface area contributed by atoms with Crippen LogP contribution >= 0.6 is 0 Å². The number of hydrogen-bond acceptors (Lipinski definition) is 2. The molecule has 0 aromatic heterocycles. The average Bonchev–Trinajstić information content (AvgIpc) is 3.17. The molecule has 17 heavy (non-hydrogen) atoms. The number of nitrogens with zero attached hydrogens (tertiary/aromatic N) is 1. The van der Waals surface area contributed by atoms with Crippen LogP contribution in [0.3, 0.4) is 0 Å². The molecule has 1 aliphatic carbocycles. The van der Waals surface area contributed by atoms with Gasteiger partial charge in [-0.15, -0.1) is 0 Å². The molecule has 1 aromatic carbocycles. The zero-order chi connectivity index (χ0) is 11.7. The van der Waals surface area contributed by atoms with E-state index in [1.54, 1.807) is 0 Å². The van der Waals surface area contributed by atoms with Gasteiger partial charge in [0.15, 0.2) is 0 Å². The molecule has 0 bridgehead atoms. The normalized spacial score (nSPS) is 30.4. The first-order valence-electron chi connectivity index (χ1n) is 6.86. The Balaban J connectivity index is 1.68. The molecule has 2 heteroatoms. The molecule has 1 heterocycles. The average molecular weight is 230 g/mol. The number of hydrogen-bond donors (Lipinski definition) is 1. The third-order valence-corrected chi connectivity index (χ3v) is 4.20. The summed E-state index contributed by atoms with van der Waals surface area (Å²) in [6, 6.07) is 12.0.